The van der Waals surface area contributed by atoms with Crippen LogP contribution in [-0.4, -0.2) is 20.3 Å². The van der Waals surface area contributed by atoms with Crippen molar-refractivity contribution in [1.29, 1.82) is 0 Å². The minimum atomic E-state index is -0.117. The predicted octanol–water partition coefficient (Wildman–Crippen LogP) is 2.27. The van der Waals surface area contributed by atoms with Crippen LogP contribution in [0.2, 0.25) is 0 Å². The molecule has 18 heavy (non-hydrogen) atoms. The molecule has 0 spiro atoms. The van der Waals surface area contributed by atoms with Crippen LogP contribution < -0.4 is 0 Å². The monoisotopic (exact) mass is 238 g/mol. The summed E-state index contributed by atoms with van der Waals surface area (Å²) in [6.07, 6.45) is 3.36. The van der Waals surface area contributed by atoms with E-state index in [9.17, 15) is 9.90 Å². The molecule has 0 saturated heterocycles. The van der Waals surface area contributed by atoms with E-state index in [1.165, 1.54) is 12.1 Å². The number of fused-ring (bicyclic) bond motifs is 1. The standard InChI is InChI=1S/C14H10N2O2/c17-11-6-4-10(5-7-11)14(18)12-9-15-13-3-1-2-8-16(12)13/h1-9,17H. The van der Waals surface area contributed by atoms with Crippen molar-refractivity contribution in [1.82, 2.24) is 9.38 Å². The van der Waals surface area contributed by atoms with Crippen LogP contribution in [0.15, 0.2) is 54.9 Å². The third-order valence-corrected chi connectivity index (χ3v) is 2.78. The van der Waals surface area contributed by atoms with E-state index in [0.717, 1.165) is 5.65 Å². The highest BCUT2D eigenvalue weighted by Gasteiger charge is 2.13. The van der Waals surface area contributed by atoms with Gasteiger partial charge in [0.15, 0.2) is 0 Å². The van der Waals surface area contributed by atoms with Gasteiger partial charge in [-0.05, 0) is 36.4 Å². The van der Waals surface area contributed by atoms with Gasteiger partial charge in [0.1, 0.15) is 17.1 Å². The molecule has 0 fully saturated rings. The Bertz CT molecular complexity index is 714. The van der Waals surface area contributed by atoms with Crippen molar-refractivity contribution < 1.29 is 9.90 Å². The molecule has 0 atom stereocenters. The van der Waals surface area contributed by atoms with Gasteiger partial charge in [0.05, 0.1) is 6.20 Å². The van der Waals surface area contributed by atoms with E-state index in [1.807, 2.05) is 18.2 Å². The van der Waals surface area contributed by atoms with Crippen LogP contribution in [0.5, 0.6) is 5.75 Å². The maximum Gasteiger partial charge on any atom is 0.211 e. The van der Waals surface area contributed by atoms with Crippen molar-refractivity contribution in [2.24, 2.45) is 0 Å². The number of phenolic OH excluding ortho intramolecular Hbond substituents is 1. The molecule has 2 heterocycles. The lowest BCUT2D eigenvalue weighted by Gasteiger charge is -2.01. The number of benzene rings is 1. The van der Waals surface area contributed by atoms with Crippen LogP contribution >= 0.6 is 0 Å². The molecule has 4 nitrogen and oxygen atoms in total. The number of imidazole rings is 1. The summed E-state index contributed by atoms with van der Waals surface area (Å²) in [5.74, 6) is 0.0263. The zero-order valence-electron chi connectivity index (χ0n) is 9.45. The molecular weight excluding hydrogens is 228 g/mol. The number of hydrogen-bond donors (Lipinski definition) is 1. The molecule has 0 amide bonds. The van der Waals surface area contributed by atoms with E-state index >= 15 is 0 Å². The Morgan fingerprint density at radius 2 is 1.89 bits per heavy atom. The van der Waals surface area contributed by atoms with Crippen molar-refractivity contribution >= 4 is 11.4 Å². The average molecular weight is 238 g/mol. The van der Waals surface area contributed by atoms with Gasteiger partial charge in [-0.1, -0.05) is 6.07 Å². The molecule has 3 rings (SSSR count). The van der Waals surface area contributed by atoms with Crippen LogP contribution in [0, 0.1) is 0 Å². The molecule has 2 aromatic heterocycles. The lowest BCUT2D eigenvalue weighted by Crippen LogP contribution is -2.04. The quantitative estimate of drug-likeness (QED) is 0.697. The van der Waals surface area contributed by atoms with Gasteiger partial charge in [-0.3, -0.25) is 9.20 Å². The maximum absolute atomic E-state index is 12.3. The molecule has 0 aliphatic rings. The van der Waals surface area contributed by atoms with Crippen molar-refractivity contribution in [3.05, 3.63) is 66.1 Å². The molecule has 0 saturated carbocycles. The molecule has 1 aromatic carbocycles. The summed E-state index contributed by atoms with van der Waals surface area (Å²) in [6, 6.07) is 11.7. The fourth-order valence-corrected chi connectivity index (χ4v) is 1.86. The number of rotatable bonds is 2. The number of phenols is 1. The minimum Gasteiger partial charge on any atom is -0.508 e. The molecular formula is C14H10N2O2. The lowest BCUT2D eigenvalue weighted by molar-refractivity contribution is 0.103. The zero-order chi connectivity index (χ0) is 12.5. The average Bonchev–Trinajstić information content (AvgIpc) is 2.82. The van der Waals surface area contributed by atoms with Crippen molar-refractivity contribution in [2.75, 3.05) is 0 Å². The van der Waals surface area contributed by atoms with Crippen LogP contribution in [0.1, 0.15) is 16.1 Å². The number of hydrogen-bond acceptors (Lipinski definition) is 3. The van der Waals surface area contributed by atoms with Crippen LogP contribution in [0.3, 0.4) is 0 Å². The Morgan fingerprint density at radius 1 is 1.11 bits per heavy atom. The molecule has 88 valence electrons. The largest absolute Gasteiger partial charge is 0.508 e. The first-order valence-electron chi connectivity index (χ1n) is 5.51. The first-order chi connectivity index (χ1) is 8.75. The van der Waals surface area contributed by atoms with Gasteiger partial charge >= 0.3 is 0 Å². The van der Waals surface area contributed by atoms with E-state index in [-0.39, 0.29) is 11.5 Å². The second-order valence-corrected chi connectivity index (χ2v) is 3.95. The molecule has 0 aliphatic heterocycles. The predicted molar refractivity (Wildman–Crippen MR) is 66.7 cm³/mol. The summed E-state index contributed by atoms with van der Waals surface area (Å²) in [7, 11) is 0. The first kappa shape index (κ1) is 10.5. The van der Waals surface area contributed by atoms with E-state index in [0.29, 0.717) is 11.3 Å². The fourth-order valence-electron chi connectivity index (χ4n) is 1.86. The molecule has 0 unspecified atom stereocenters. The third-order valence-electron chi connectivity index (χ3n) is 2.78. The molecule has 3 aromatic rings. The van der Waals surface area contributed by atoms with Crippen LogP contribution in [0.25, 0.3) is 5.65 Å². The van der Waals surface area contributed by atoms with Crippen LogP contribution in [0.4, 0.5) is 0 Å². The minimum absolute atomic E-state index is 0.117. The van der Waals surface area contributed by atoms with Gasteiger partial charge in [-0.15, -0.1) is 0 Å². The van der Waals surface area contributed by atoms with Gasteiger partial charge in [-0.25, -0.2) is 4.98 Å². The number of nitrogens with zero attached hydrogens (tertiary/aromatic N) is 2. The van der Waals surface area contributed by atoms with Gasteiger partial charge in [0.25, 0.3) is 0 Å². The van der Waals surface area contributed by atoms with E-state index in [4.69, 9.17) is 0 Å². The van der Waals surface area contributed by atoms with Crippen LogP contribution in [-0.2, 0) is 0 Å². The second-order valence-electron chi connectivity index (χ2n) is 3.95. The number of aromatic hydroxyl groups is 1. The Morgan fingerprint density at radius 3 is 2.67 bits per heavy atom. The summed E-state index contributed by atoms with van der Waals surface area (Å²) in [4.78, 5) is 16.5. The molecule has 0 radical (unpaired) electrons. The topological polar surface area (TPSA) is 54.6 Å². The smallest absolute Gasteiger partial charge is 0.211 e. The normalized spacial score (nSPS) is 10.7. The third kappa shape index (κ3) is 1.64. The fraction of sp³-hybridized carbons (Fsp3) is 0. The lowest BCUT2D eigenvalue weighted by atomic mass is 10.1. The summed E-state index contributed by atoms with van der Waals surface area (Å²) >= 11 is 0. The molecule has 0 aliphatic carbocycles. The SMILES string of the molecule is O=C(c1ccc(O)cc1)c1cnc2ccccn12. The highest BCUT2D eigenvalue weighted by atomic mass is 16.3. The van der Waals surface area contributed by atoms with E-state index < -0.39 is 0 Å². The first-order valence-corrected chi connectivity index (χ1v) is 5.51. The van der Waals surface area contributed by atoms with E-state index in [2.05, 4.69) is 4.98 Å². The molecule has 4 heteroatoms. The number of ketones is 1. The van der Waals surface area contributed by atoms with Gasteiger partial charge < -0.3 is 5.11 Å². The Kier molecular flexibility index (Phi) is 2.34. The molecule has 1 N–H and O–H groups in total. The van der Waals surface area contributed by atoms with E-state index in [1.54, 1.807) is 28.9 Å². The van der Waals surface area contributed by atoms with Crippen molar-refractivity contribution in [3.8, 4) is 5.75 Å². The number of carbonyl (C=O) groups excluding carboxylic acids is 1. The summed E-state index contributed by atoms with van der Waals surface area (Å²) < 4.78 is 1.75. The van der Waals surface area contributed by atoms with Gasteiger partial charge in [-0.2, -0.15) is 0 Å². The number of aromatic nitrogens is 2. The Balaban J connectivity index is 2.09. The van der Waals surface area contributed by atoms with Gasteiger partial charge in [0.2, 0.25) is 5.78 Å². The zero-order valence-corrected chi connectivity index (χ0v) is 9.45. The summed E-state index contributed by atoms with van der Waals surface area (Å²) in [5.41, 5.74) is 1.77. The van der Waals surface area contributed by atoms with Gasteiger partial charge in [0, 0.05) is 11.8 Å². The Labute approximate surface area is 103 Å². The summed E-state index contributed by atoms with van der Waals surface area (Å²) in [5, 5.41) is 9.21. The maximum atomic E-state index is 12.3. The Hall–Kier alpha value is -2.62. The number of pyridine rings is 1. The van der Waals surface area contributed by atoms with Crippen molar-refractivity contribution in [3.63, 3.8) is 0 Å². The van der Waals surface area contributed by atoms with Crippen molar-refractivity contribution in [2.45, 2.75) is 0 Å². The summed E-state index contributed by atoms with van der Waals surface area (Å²) in [6.45, 7) is 0. The highest BCUT2D eigenvalue weighted by Crippen LogP contribution is 2.15. The highest BCUT2D eigenvalue weighted by molar-refractivity contribution is 6.08. The second kappa shape index (κ2) is 4.00. The number of carbonyl (C=O) groups is 1. The molecule has 0 bridgehead atoms.